The molecular formula is C14H25N3O. The van der Waals surface area contributed by atoms with Gasteiger partial charge in [-0.15, -0.1) is 5.10 Å². The van der Waals surface area contributed by atoms with Crippen molar-refractivity contribution in [3.8, 4) is 0 Å². The van der Waals surface area contributed by atoms with E-state index in [0.717, 1.165) is 25.0 Å². The summed E-state index contributed by atoms with van der Waals surface area (Å²) in [5.41, 5.74) is 1.02. The largest absolute Gasteiger partial charge is 0.392 e. The molecule has 0 bridgehead atoms. The van der Waals surface area contributed by atoms with Crippen molar-refractivity contribution in [2.24, 2.45) is 18.4 Å². The number of nitrogens with zero attached hydrogens (tertiary/aromatic N) is 3. The molecule has 0 spiro atoms. The van der Waals surface area contributed by atoms with Crippen molar-refractivity contribution in [3.63, 3.8) is 0 Å². The Bertz CT molecular complexity index is 380. The highest BCUT2D eigenvalue weighted by Gasteiger charge is 2.40. The third kappa shape index (κ3) is 2.91. The Morgan fingerprint density at radius 3 is 2.56 bits per heavy atom. The van der Waals surface area contributed by atoms with E-state index in [-0.39, 0.29) is 11.5 Å². The molecule has 0 radical (unpaired) electrons. The van der Waals surface area contributed by atoms with Gasteiger partial charge in [0.1, 0.15) is 0 Å². The zero-order valence-corrected chi connectivity index (χ0v) is 11.8. The number of rotatable bonds is 5. The SMILES string of the molecule is CC(C)CC1(C(O)Cc2cn(C)nn2)CCCC1. The Labute approximate surface area is 109 Å². The molecule has 1 N–H and O–H groups in total. The highest BCUT2D eigenvalue weighted by atomic mass is 16.3. The number of aliphatic hydroxyl groups excluding tert-OH is 1. The van der Waals surface area contributed by atoms with Gasteiger partial charge in [-0.25, -0.2) is 0 Å². The Morgan fingerprint density at radius 2 is 2.06 bits per heavy atom. The number of aryl methyl sites for hydroxylation is 1. The first-order valence-electron chi connectivity index (χ1n) is 7.05. The van der Waals surface area contributed by atoms with Gasteiger partial charge in [-0.2, -0.15) is 0 Å². The zero-order valence-electron chi connectivity index (χ0n) is 11.8. The van der Waals surface area contributed by atoms with E-state index in [1.165, 1.54) is 12.8 Å². The van der Waals surface area contributed by atoms with E-state index < -0.39 is 0 Å². The normalized spacial score (nSPS) is 20.5. The maximum Gasteiger partial charge on any atom is 0.0852 e. The summed E-state index contributed by atoms with van der Waals surface area (Å²) in [6.45, 7) is 4.49. The summed E-state index contributed by atoms with van der Waals surface area (Å²) in [7, 11) is 1.86. The van der Waals surface area contributed by atoms with Crippen LogP contribution in [0.1, 0.15) is 51.6 Å². The van der Waals surface area contributed by atoms with Crippen LogP contribution in [0.4, 0.5) is 0 Å². The van der Waals surface area contributed by atoms with Crippen LogP contribution in [-0.4, -0.2) is 26.2 Å². The third-order valence-corrected chi connectivity index (χ3v) is 4.17. The summed E-state index contributed by atoms with van der Waals surface area (Å²) in [5.74, 6) is 0.639. The number of aromatic nitrogens is 3. The van der Waals surface area contributed by atoms with Crippen molar-refractivity contribution in [3.05, 3.63) is 11.9 Å². The van der Waals surface area contributed by atoms with E-state index in [9.17, 15) is 5.11 Å². The zero-order chi connectivity index (χ0) is 13.2. The quantitative estimate of drug-likeness (QED) is 0.873. The van der Waals surface area contributed by atoms with Crippen molar-refractivity contribution >= 4 is 0 Å². The Kier molecular flexibility index (Phi) is 4.05. The van der Waals surface area contributed by atoms with Gasteiger partial charge in [-0.05, 0) is 30.6 Å². The summed E-state index contributed by atoms with van der Waals surface area (Å²) in [6, 6.07) is 0. The average molecular weight is 251 g/mol. The van der Waals surface area contributed by atoms with Crippen LogP contribution in [0.3, 0.4) is 0 Å². The van der Waals surface area contributed by atoms with Gasteiger partial charge in [-0.3, -0.25) is 4.68 Å². The summed E-state index contributed by atoms with van der Waals surface area (Å²) in [4.78, 5) is 0. The molecule has 1 fully saturated rings. The molecule has 4 nitrogen and oxygen atoms in total. The van der Waals surface area contributed by atoms with Crippen LogP contribution in [0.15, 0.2) is 6.20 Å². The van der Waals surface area contributed by atoms with Crippen LogP contribution < -0.4 is 0 Å². The average Bonchev–Trinajstić information content (AvgIpc) is 2.88. The van der Waals surface area contributed by atoms with Crippen molar-refractivity contribution in [2.45, 2.75) is 58.5 Å². The van der Waals surface area contributed by atoms with Gasteiger partial charge < -0.3 is 5.11 Å². The van der Waals surface area contributed by atoms with E-state index >= 15 is 0 Å². The smallest absolute Gasteiger partial charge is 0.0852 e. The van der Waals surface area contributed by atoms with Crippen molar-refractivity contribution in [1.82, 2.24) is 15.0 Å². The van der Waals surface area contributed by atoms with E-state index in [2.05, 4.69) is 24.2 Å². The first-order valence-corrected chi connectivity index (χ1v) is 7.05. The van der Waals surface area contributed by atoms with Crippen LogP contribution in [0, 0.1) is 11.3 Å². The second-order valence-electron chi connectivity index (χ2n) is 6.27. The van der Waals surface area contributed by atoms with Crippen LogP contribution in [0.2, 0.25) is 0 Å². The van der Waals surface area contributed by atoms with Gasteiger partial charge in [0.15, 0.2) is 0 Å². The lowest BCUT2D eigenvalue weighted by molar-refractivity contribution is 0.0127. The molecule has 1 heterocycles. The lowest BCUT2D eigenvalue weighted by Crippen LogP contribution is -2.35. The fourth-order valence-corrected chi connectivity index (χ4v) is 3.47. The molecule has 102 valence electrons. The number of hydrogen-bond acceptors (Lipinski definition) is 3. The lowest BCUT2D eigenvalue weighted by Gasteiger charge is -2.35. The molecule has 1 unspecified atom stereocenters. The molecule has 1 aromatic rings. The molecular weight excluding hydrogens is 226 g/mol. The second-order valence-corrected chi connectivity index (χ2v) is 6.27. The van der Waals surface area contributed by atoms with E-state index in [1.54, 1.807) is 4.68 Å². The van der Waals surface area contributed by atoms with Crippen molar-refractivity contribution in [1.29, 1.82) is 0 Å². The first kappa shape index (κ1) is 13.5. The van der Waals surface area contributed by atoms with Crippen LogP contribution in [0.25, 0.3) is 0 Å². The summed E-state index contributed by atoms with van der Waals surface area (Å²) in [5, 5.41) is 18.7. The van der Waals surface area contributed by atoms with E-state index in [0.29, 0.717) is 12.3 Å². The van der Waals surface area contributed by atoms with E-state index in [4.69, 9.17) is 0 Å². The van der Waals surface area contributed by atoms with Crippen LogP contribution >= 0.6 is 0 Å². The van der Waals surface area contributed by atoms with Gasteiger partial charge in [0.05, 0.1) is 11.8 Å². The fourth-order valence-electron chi connectivity index (χ4n) is 3.47. The molecule has 1 atom stereocenters. The van der Waals surface area contributed by atoms with Gasteiger partial charge >= 0.3 is 0 Å². The molecule has 1 aromatic heterocycles. The maximum absolute atomic E-state index is 10.6. The lowest BCUT2D eigenvalue weighted by atomic mass is 9.73. The van der Waals surface area contributed by atoms with Gasteiger partial charge in [0.25, 0.3) is 0 Å². The molecule has 18 heavy (non-hydrogen) atoms. The number of aliphatic hydroxyl groups is 1. The molecule has 2 rings (SSSR count). The standard InChI is InChI=1S/C14H25N3O/c1-11(2)9-14(6-4-5-7-14)13(18)8-12-10-17(3)16-15-12/h10-11,13,18H,4-9H2,1-3H3. The summed E-state index contributed by atoms with van der Waals surface area (Å²) < 4.78 is 1.70. The molecule has 1 saturated carbocycles. The Morgan fingerprint density at radius 1 is 1.39 bits per heavy atom. The maximum atomic E-state index is 10.6. The topological polar surface area (TPSA) is 50.9 Å². The molecule has 1 aliphatic rings. The Hall–Kier alpha value is -0.900. The number of hydrogen-bond donors (Lipinski definition) is 1. The fraction of sp³-hybridized carbons (Fsp3) is 0.857. The van der Waals surface area contributed by atoms with Gasteiger partial charge in [0, 0.05) is 19.7 Å². The Balaban J connectivity index is 2.06. The summed E-state index contributed by atoms with van der Waals surface area (Å²) in [6.07, 6.45) is 8.21. The van der Waals surface area contributed by atoms with Crippen LogP contribution in [0.5, 0.6) is 0 Å². The van der Waals surface area contributed by atoms with E-state index in [1.807, 2.05) is 13.2 Å². The molecule has 1 aliphatic carbocycles. The molecule has 0 aliphatic heterocycles. The predicted molar refractivity (Wildman–Crippen MR) is 71.1 cm³/mol. The highest BCUT2D eigenvalue weighted by Crippen LogP contribution is 2.46. The molecule has 4 heteroatoms. The minimum absolute atomic E-state index is 0.117. The van der Waals surface area contributed by atoms with Crippen molar-refractivity contribution in [2.75, 3.05) is 0 Å². The molecule has 0 amide bonds. The third-order valence-electron chi connectivity index (χ3n) is 4.17. The first-order chi connectivity index (χ1) is 8.52. The van der Waals surface area contributed by atoms with Crippen molar-refractivity contribution < 1.29 is 5.11 Å². The molecule has 0 aromatic carbocycles. The van der Waals surface area contributed by atoms with Gasteiger partial charge in [-0.1, -0.05) is 31.9 Å². The van der Waals surface area contributed by atoms with Gasteiger partial charge in [0.2, 0.25) is 0 Å². The molecule has 0 saturated heterocycles. The minimum atomic E-state index is -0.279. The predicted octanol–water partition coefficient (Wildman–Crippen LogP) is 2.33. The summed E-state index contributed by atoms with van der Waals surface area (Å²) >= 11 is 0. The second kappa shape index (κ2) is 5.39. The minimum Gasteiger partial charge on any atom is -0.392 e. The monoisotopic (exact) mass is 251 g/mol. The van der Waals surface area contributed by atoms with Crippen LogP contribution in [-0.2, 0) is 13.5 Å². The highest BCUT2D eigenvalue weighted by molar-refractivity contribution is 5.00.